The van der Waals surface area contributed by atoms with Gasteiger partial charge in [-0.1, -0.05) is 73.5 Å². The van der Waals surface area contributed by atoms with Crippen LogP contribution in [0.15, 0.2) is 60.7 Å². The fourth-order valence-electron chi connectivity index (χ4n) is 2.89. The van der Waals surface area contributed by atoms with Crippen LogP contribution in [-0.4, -0.2) is 25.0 Å². The van der Waals surface area contributed by atoms with E-state index < -0.39 is 0 Å². The molecule has 0 bridgehead atoms. The highest BCUT2D eigenvalue weighted by atomic mass is 15.1. The van der Waals surface area contributed by atoms with Crippen LogP contribution in [0.2, 0.25) is 0 Å². The van der Waals surface area contributed by atoms with E-state index >= 15 is 0 Å². The Balaban J connectivity index is 1.83. The molecule has 0 atom stereocenters. The van der Waals surface area contributed by atoms with E-state index in [-0.39, 0.29) is 0 Å². The molecule has 2 heteroatoms. The molecule has 0 fully saturated rings. The van der Waals surface area contributed by atoms with E-state index in [0.29, 0.717) is 0 Å². The molecule has 0 aromatic heterocycles. The second-order valence-electron chi connectivity index (χ2n) is 6.20. The van der Waals surface area contributed by atoms with Gasteiger partial charge in [0.2, 0.25) is 0 Å². The van der Waals surface area contributed by atoms with Gasteiger partial charge in [0, 0.05) is 13.1 Å². The Morgan fingerprint density at radius 3 is 1.74 bits per heavy atom. The van der Waals surface area contributed by atoms with Crippen molar-refractivity contribution in [1.29, 1.82) is 0 Å². The van der Waals surface area contributed by atoms with Crippen LogP contribution in [0.3, 0.4) is 0 Å². The molecule has 0 unspecified atom stereocenters. The van der Waals surface area contributed by atoms with Crippen molar-refractivity contribution < 1.29 is 0 Å². The molecular weight excluding hydrogens is 280 g/mol. The summed E-state index contributed by atoms with van der Waals surface area (Å²) in [5.74, 6) is 0. The average molecular weight is 310 g/mol. The van der Waals surface area contributed by atoms with Gasteiger partial charge >= 0.3 is 0 Å². The predicted molar refractivity (Wildman–Crippen MR) is 99.4 cm³/mol. The molecule has 0 saturated heterocycles. The summed E-state index contributed by atoms with van der Waals surface area (Å²) in [6.07, 6.45) is 5.21. The maximum absolute atomic E-state index is 3.22. The van der Waals surface area contributed by atoms with Gasteiger partial charge in [-0.25, -0.2) is 0 Å². The van der Waals surface area contributed by atoms with E-state index in [2.05, 4.69) is 70.9 Å². The monoisotopic (exact) mass is 310 g/mol. The van der Waals surface area contributed by atoms with Crippen LogP contribution in [0.5, 0.6) is 0 Å². The molecule has 0 saturated carbocycles. The van der Waals surface area contributed by atoms with Crippen molar-refractivity contribution in [2.24, 2.45) is 0 Å². The Morgan fingerprint density at radius 2 is 1.22 bits per heavy atom. The minimum atomic E-state index is 1.03. The first kappa shape index (κ1) is 17.7. The van der Waals surface area contributed by atoms with Crippen LogP contribution in [0, 0.1) is 0 Å². The van der Waals surface area contributed by atoms with Gasteiger partial charge in [-0.3, -0.25) is 4.90 Å². The van der Waals surface area contributed by atoms with Gasteiger partial charge in [-0.15, -0.1) is 0 Å². The summed E-state index contributed by atoms with van der Waals surface area (Å²) in [7, 11) is 2.03. The summed E-state index contributed by atoms with van der Waals surface area (Å²) < 4.78 is 0. The number of nitrogens with zero attached hydrogens (tertiary/aromatic N) is 1. The molecule has 124 valence electrons. The smallest absolute Gasteiger partial charge is 0.0237 e. The molecule has 2 rings (SSSR count). The Kier molecular flexibility index (Phi) is 8.46. The lowest BCUT2D eigenvalue weighted by Crippen LogP contribution is -2.24. The third kappa shape index (κ3) is 7.45. The summed E-state index contributed by atoms with van der Waals surface area (Å²) in [6.45, 7) is 4.37. The minimum absolute atomic E-state index is 1.03. The molecule has 23 heavy (non-hydrogen) atoms. The van der Waals surface area contributed by atoms with Gasteiger partial charge in [-0.2, -0.15) is 0 Å². The number of rotatable bonds is 11. The molecule has 2 aromatic rings. The normalized spacial score (nSPS) is 11.0. The van der Waals surface area contributed by atoms with Crippen LogP contribution in [0.1, 0.15) is 36.8 Å². The summed E-state index contributed by atoms with van der Waals surface area (Å²) >= 11 is 0. The van der Waals surface area contributed by atoms with E-state index in [4.69, 9.17) is 0 Å². The van der Waals surface area contributed by atoms with E-state index in [9.17, 15) is 0 Å². The van der Waals surface area contributed by atoms with Crippen molar-refractivity contribution in [3.8, 4) is 0 Å². The zero-order valence-electron chi connectivity index (χ0n) is 14.4. The Morgan fingerprint density at radius 1 is 0.696 bits per heavy atom. The Bertz CT molecular complexity index is 468. The SMILES string of the molecule is CNCCCCCCN(Cc1ccccc1)Cc1ccccc1. The highest BCUT2D eigenvalue weighted by molar-refractivity contribution is 5.17. The molecule has 0 aliphatic heterocycles. The standard InChI is InChI=1S/C21H30N2/c1-22-16-10-2-3-11-17-23(18-20-12-6-4-7-13-20)19-21-14-8-5-9-15-21/h4-9,12-15,22H,2-3,10-11,16-19H2,1H3. The molecule has 0 aliphatic rings. The molecule has 0 radical (unpaired) electrons. The number of benzene rings is 2. The maximum Gasteiger partial charge on any atom is 0.0237 e. The number of hydrogen-bond acceptors (Lipinski definition) is 2. The molecule has 2 nitrogen and oxygen atoms in total. The van der Waals surface area contributed by atoms with Crippen molar-refractivity contribution in [2.45, 2.75) is 38.8 Å². The van der Waals surface area contributed by atoms with Gasteiger partial charge in [-0.05, 0) is 44.1 Å². The van der Waals surface area contributed by atoms with Crippen molar-refractivity contribution in [2.75, 3.05) is 20.1 Å². The fraction of sp³-hybridized carbons (Fsp3) is 0.429. The first-order valence-corrected chi connectivity index (χ1v) is 8.83. The lowest BCUT2D eigenvalue weighted by atomic mass is 10.1. The largest absolute Gasteiger partial charge is 0.320 e. The van der Waals surface area contributed by atoms with Crippen molar-refractivity contribution in [3.05, 3.63) is 71.8 Å². The van der Waals surface area contributed by atoms with E-state index in [1.54, 1.807) is 0 Å². The molecule has 0 spiro atoms. The topological polar surface area (TPSA) is 15.3 Å². The van der Waals surface area contributed by atoms with Crippen molar-refractivity contribution in [3.63, 3.8) is 0 Å². The quantitative estimate of drug-likeness (QED) is 0.616. The fourth-order valence-corrected chi connectivity index (χ4v) is 2.89. The minimum Gasteiger partial charge on any atom is -0.320 e. The molecule has 0 aliphatic carbocycles. The van der Waals surface area contributed by atoms with Crippen LogP contribution >= 0.6 is 0 Å². The Labute approximate surface area is 141 Å². The molecular formula is C21H30N2. The molecule has 0 amide bonds. The van der Waals surface area contributed by atoms with Crippen molar-refractivity contribution >= 4 is 0 Å². The maximum atomic E-state index is 3.22. The highest BCUT2D eigenvalue weighted by Gasteiger charge is 2.07. The second-order valence-corrected chi connectivity index (χ2v) is 6.20. The van der Waals surface area contributed by atoms with E-state index in [0.717, 1.165) is 19.6 Å². The highest BCUT2D eigenvalue weighted by Crippen LogP contribution is 2.12. The van der Waals surface area contributed by atoms with Crippen molar-refractivity contribution in [1.82, 2.24) is 10.2 Å². The van der Waals surface area contributed by atoms with Gasteiger partial charge < -0.3 is 5.32 Å². The molecule has 1 N–H and O–H groups in total. The van der Waals surface area contributed by atoms with Crippen LogP contribution in [0.25, 0.3) is 0 Å². The lowest BCUT2D eigenvalue weighted by molar-refractivity contribution is 0.250. The zero-order valence-corrected chi connectivity index (χ0v) is 14.4. The predicted octanol–water partition coefficient (Wildman–Crippen LogP) is 4.47. The number of unbranched alkanes of at least 4 members (excludes halogenated alkanes) is 3. The zero-order chi connectivity index (χ0) is 16.2. The first-order valence-electron chi connectivity index (χ1n) is 8.83. The second kappa shape index (κ2) is 11.0. The first-order chi connectivity index (χ1) is 11.4. The van der Waals surface area contributed by atoms with Crippen LogP contribution in [0.4, 0.5) is 0 Å². The number of nitrogens with one attached hydrogen (secondary N) is 1. The molecule has 0 heterocycles. The molecule has 2 aromatic carbocycles. The summed E-state index contributed by atoms with van der Waals surface area (Å²) in [4.78, 5) is 2.57. The summed E-state index contributed by atoms with van der Waals surface area (Å²) in [6, 6.07) is 21.6. The van der Waals surface area contributed by atoms with Crippen LogP contribution in [-0.2, 0) is 13.1 Å². The van der Waals surface area contributed by atoms with Gasteiger partial charge in [0.1, 0.15) is 0 Å². The number of hydrogen-bond donors (Lipinski definition) is 1. The van der Waals surface area contributed by atoms with Crippen LogP contribution < -0.4 is 5.32 Å². The van der Waals surface area contributed by atoms with E-state index in [1.807, 2.05) is 7.05 Å². The van der Waals surface area contributed by atoms with Gasteiger partial charge in [0.25, 0.3) is 0 Å². The lowest BCUT2D eigenvalue weighted by Gasteiger charge is -2.22. The van der Waals surface area contributed by atoms with E-state index in [1.165, 1.54) is 43.4 Å². The van der Waals surface area contributed by atoms with Gasteiger partial charge in [0.15, 0.2) is 0 Å². The third-order valence-electron chi connectivity index (χ3n) is 4.15. The summed E-state index contributed by atoms with van der Waals surface area (Å²) in [5, 5.41) is 3.22. The third-order valence-corrected chi connectivity index (χ3v) is 4.15. The van der Waals surface area contributed by atoms with Gasteiger partial charge in [0.05, 0.1) is 0 Å². The summed E-state index contributed by atoms with van der Waals surface area (Å²) in [5.41, 5.74) is 2.80. The Hall–Kier alpha value is -1.64. The average Bonchev–Trinajstić information content (AvgIpc) is 2.60.